The lowest BCUT2D eigenvalue weighted by Gasteiger charge is -2.16. The molecule has 1 aromatic heterocycles. The summed E-state index contributed by atoms with van der Waals surface area (Å²) in [5, 5.41) is 3.59. The molecule has 146 valence electrons. The molecular weight excluding hydrogens is 376 g/mol. The zero-order valence-corrected chi connectivity index (χ0v) is 16.6. The lowest BCUT2D eigenvalue weighted by atomic mass is 9.88. The molecule has 1 heterocycles. The number of benzene rings is 2. The van der Waals surface area contributed by atoms with Gasteiger partial charge in [-0.05, 0) is 61.2 Å². The monoisotopic (exact) mass is 398 g/mol. The van der Waals surface area contributed by atoms with Crippen LogP contribution in [0.25, 0.3) is 11.0 Å². The maximum atomic E-state index is 12.7. The average Bonchev–Trinajstić information content (AvgIpc) is 2.99. The van der Waals surface area contributed by atoms with Gasteiger partial charge in [0.05, 0.1) is 4.90 Å². The van der Waals surface area contributed by atoms with E-state index in [0.29, 0.717) is 17.3 Å². The summed E-state index contributed by atoms with van der Waals surface area (Å²) >= 11 is 0. The van der Waals surface area contributed by atoms with Gasteiger partial charge in [0, 0.05) is 35.7 Å². The summed E-state index contributed by atoms with van der Waals surface area (Å²) in [4.78, 5) is 11.2. The van der Waals surface area contributed by atoms with E-state index in [0.717, 1.165) is 36.0 Å². The normalized spacial score (nSPS) is 16.6. The van der Waals surface area contributed by atoms with E-state index in [4.69, 9.17) is 4.42 Å². The van der Waals surface area contributed by atoms with Crippen molar-refractivity contribution in [3.63, 3.8) is 0 Å². The van der Waals surface area contributed by atoms with Gasteiger partial charge in [-0.3, -0.25) is 9.52 Å². The first-order valence-corrected chi connectivity index (χ1v) is 10.7. The molecule has 2 N–H and O–H groups in total. The van der Waals surface area contributed by atoms with Gasteiger partial charge in [-0.15, -0.1) is 0 Å². The fourth-order valence-electron chi connectivity index (χ4n) is 3.65. The van der Waals surface area contributed by atoms with Gasteiger partial charge in [0.2, 0.25) is 5.91 Å². The maximum absolute atomic E-state index is 12.7. The summed E-state index contributed by atoms with van der Waals surface area (Å²) in [6, 6.07) is 11.4. The van der Waals surface area contributed by atoms with Crippen molar-refractivity contribution < 1.29 is 17.6 Å². The van der Waals surface area contributed by atoms with Crippen LogP contribution in [0.1, 0.15) is 31.6 Å². The van der Waals surface area contributed by atoms with Gasteiger partial charge < -0.3 is 9.73 Å². The quantitative estimate of drug-likeness (QED) is 0.685. The van der Waals surface area contributed by atoms with Crippen molar-refractivity contribution in [2.45, 2.75) is 38.0 Å². The van der Waals surface area contributed by atoms with Gasteiger partial charge in [-0.2, -0.15) is 0 Å². The highest BCUT2D eigenvalue weighted by atomic mass is 32.2. The van der Waals surface area contributed by atoms with Crippen molar-refractivity contribution in [3.8, 4) is 0 Å². The number of carbonyl (C=O) groups is 1. The molecule has 3 aromatic rings. The fourth-order valence-corrected chi connectivity index (χ4v) is 4.70. The summed E-state index contributed by atoms with van der Waals surface area (Å²) in [6.45, 7) is 3.62. The molecule has 1 unspecified atom stereocenters. The summed E-state index contributed by atoms with van der Waals surface area (Å²) in [6.07, 6.45) is 2.98. The highest BCUT2D eigenvalue weighted by Gasteiger charge is 2.22. The molecule has 1 amide bonds. The number of sulfonamides is 1. The molecule has 1 aliphatic rings. The molecule has 0 radical (unpaired) electrons. The predicted molar refractivity (Wildman–Crippen MR) is 109 cm³/mol. The second kappa shape index (κ2) is 6.98. The molecule has 0 saturated carbocycles. The van der Waals surface area contributed by atoms with E-state index in [9.17, 15) is 13.2 Å². The van der Waals surface area contributed by atoms with E-state index in [2.05, 4.69) is 17.0 Å². The number of fused-ring (bicyclic) bond motifs is 3. The highest BCUT2D eigenvalue weighted by molar-refractivity contribution is 7.92. The first-order valence-electron chi connectivity index (χ1n) is 9.26. The average molecular weight is 398 g/mol. The lowest BCUT2D eigenvalue weighted by molar-refractivity contribution is -0.114. The lowest BCUT2D eigenvalue weighted by Crippen LogP contribution is -2.13. The molecule has 2 aromatic carbocycles. The molecule has 7 heteroatoms. The van der Waals surface area contributed by atoms with Crippen LogP contribution in [0.4, 0.5) is 11.4 Å². The van der Waals surface area contributed by atoms with Gasteiger partial charge in [0.1, 0.15) is 11.3 Å². The van der Waals surface area contributed by atoms with Crippen LogP contribution in [0, 0.1) is 5.92 Å². The molecule has 0 aliphatic heterocycles. The Bertz CT molecular complexity index is 1150. The number of hydrogen-bond donors (Lipinski definition) is 2. The Hall–Kier alpha value is -2.80. The van der Waals surface area contributed by atoms with Gasteiger partial charge >= 0.3 is 0 Å². The number of rotatable bonds is 4. The van der Waals surface area contributed by atoms with E-state index in [1.165, 1.54) is 24.6 Å². The number of carbonyl (C=O) groups excluding carboxylic acids is 1. The molecular formula is C21H22N2O4S. The molecule has 1 atom stereocenters. The van der Waals surface area contributed by atoms with Crippen molar-refractivity contribution in [1.29, 1.82) is 0 Å². The molecule has 0 saturated heterocycles. The minimum absolute atomic E-state index is 0.129. The number of furan rings is 1. The number of anilines is 2. The third-order valence-corrected chi connectivity index (χ3v) is 6.43. The molecule has 6 nitrogen and oxygen atoms in total. The molecule has 0 bridgehead atoms. The second-order valence-electron chi connectivity index (χ2n) is 7.37. The third kappa shape index (κ3) is 3.62. The molecule has 28 heavy (non-hydrogen) atoms. The molecule has 1 aliphatic carbocycles. The Labute approximate surface area is 164 Å². The molecule has 0 fully saturated rings. The number of hydrogen-bond acceptors (Lipinski definition) is 4. The highest BCUT2D eigenvalue weighted by Crippen LogP contribution is 2.35. The number of nitrogens with one attached hydrogen (secondary N) is 2. The zero-order valence-electron chi connectivity index (χ0n) is 15.8. The van der Waals surface area contributed by atoms with Crippen LogP contribution >= 0.6 is 0 Å². The maximum Gasteiger partial charge on any atom is 0.261 e. The van der Waals surface area contributed by atoms with E-state index in [-0.39, 0.29) is 10.8 Å². The van der Waals surface area contributed by atoms with Crippen molar-refractivity contribution in [1.82, 2.24) is 0 Å². The minimum Gasteiger partial charge on any atom is -0.461 e. The van der Waals surface area contributed by atoms with Crippen LogP contribution in [-0.2, 0) is 27.7 Å². The zero-order chi connectivity index (χ0) is 19.9. The SMILES string of the molecule is CC(=O)Nc1ccc(S(=O)(=O)Nc2ccc3oc4c(c3c2)CC(C)CC4)cc1. The van der Waals surface area contributed by atoms with Crippen LogP contribution in [0.15, 0.2) is 51.8 Å². The van der Waals surface area contributed by atoms with Crippen LogP contribution < -0.4 is 10.0 Å². The van der Waals surface area contributed by atoms with Crippen molar-refractivity contribution in [3.05, 3.63) is 53.8 Å². The minimum atomic E-state index is -3.74. The Morgan fingerprint density at radius 3 is 2.54 bits per heavy atom. The smallest absolute Gasteiger partial charge is 0.261 e. The van der Waals surface area contributed by atoms with Crippen molar-refractivity contribution in [2.24, 2.45) is 5.92 Å². The second-order valence-corrected chi connectivity index (χ2v) is 9.06. The summed E-state index contributed by atoms with van der Waals surface area (Å²) in [7, 11) is -3.74. The fraction of sp³-hybridized carbons (Fsp3) is 0.286. The summed E-state index contributed by atoms with van der Waals surface area (Å²) in [5.41, 5.74) is 3.03. The summed E-state index contributed by atoms with van der Waals surface area (Å²) in [5.74, 6) is 1.40. The van der Waals surface area contributed by atoms with Crippen molar-refractivity contribution in [2.75, 3.05) is 10.0 Å². The van der Waals surface area contributed by atoms with Gasteiger partial charge in [0.25, 0.3) is 10.0 Å². The van der Waals surface area contributed by atoms with Crippen LogP contribution in [0.3, 0.4) is 0 Å². The standard InChI is InChI=1S/C21H22N2O4S/c1-13-3-9-20-18(11-13)19-12-16(6-10-21(19)27-20)23-28(25,26)17-7-4-15(5-8-17)22-14(2)24/h4-8,10,12-13,23H,3,9,11H2,1-2H3,(H,22,24). The third-order valence-electron chi connectivity index (χ3n) is 5.03. The first kappa shape index (κ1) is 18.6. The Kier molecular flexibility index (Phi) is 4.63. The van der Waals surface area contributed by atoms with Crippen molar-refractivity contribution >= 4 is 38.3 Å². The molecule has 0 spiro atoms. The van der Waals surface area contributed by atoms with Gasteiger partial charge in [-0.25, -0.2) is 8.42 Å². The largest absolute Gasteiger partial charge is 0.461 e. The van der Waals surface area contributed by atoms with Gasteiger partial charge in [0.15, 0.2) is 0 Å². The van der Waals surface area contributed by atoms with E-state index < -0.39 is 10.0 Å². The number of aryl methyl sites for hydroxylation is 1. The van der Waals surface area contributed by atoms with E-state index in [1.54, 1.807) is 18.2 Å². The van der Waals surface area contributed by atoms with Gasteiger partial charge in [-0.1, -0.05) is 6.92 Å². The topological polar surface area (TPSA) is 88.4 Å². The first-order chi connectivity index (χ1) is 13.3. The number of amides is 1. The molecule has 4 rings (SSSR count). The Morgan fingerprint density at radius 1 is 1.11 bits per heavy atom. The van der Waals surface area contributed by atoms with E-state index >= 15 is 0 Å². The van der Waals surface area contributed by atoms with Crippen LogP contribution in [0.2, 0.25) is 0 Å². The summed E-state index contributed by atoms with van der Waals surface area (Å²) < 4.78 is 34.0. The Balaban J connectivity index is 1.61. The Morgan fingerprint density at radius 2 is 1.82 bits per heavy atom. The predicted octanol–water partition coefficient (Wildman–Crippen LogP) is 4.32. The van der Waals surface area contributed by atoms with E-state index in [1.807, 2.05) is 12.1 Å². The van der Waals surface area contributed by atoms with Crippen LogP contribution in [0.5, 0.6) is 0 Å². The van der Waals surface area contributed by atoms with Crippen LogP contribution in [-0.4, -0.2) is 14.3 Å².